The van der Waals surface area contributed by atoms with Crippen molar-refractivity contribution >= 4 is 28.9 Å². The van der Waals surface area contributed by atoms with Crippen molar-refractivity contribution in [1.82, 2.24) is 4.98 Å². The summed E-state index contributed by atoms with van der Waals surface area (Å²) in [6.07, 6.45) is 2.52. The van der Waals surface area contributed by atoms with Crippen LogP contribution in [0.25, 0.3) is 0 Å². The van der Waals surface area contributed by atoms with Crippen LogP contribution >= 0.6 is 23.2 Å². The second-order valence-electron chi connectivity index (χ2n) is 1.99. The van der Waals surface area contributed by atoms with Gasteiger partial charge in [-0.3, -0.25) is 15.1 Å². The van der Waals surface area contributed by atoms with E-state index in [1.54, 1.807) is 0 Å². The van der Waals surface area contributed by atoms with Gasteiger partial charge in [0.25, 0.3) is 5.69 Å². The monoisotopic (exact) mass is 206 g/mol. The lowest BCUT2D eigenvalue weighted by Gasteiger charge is -2.00. The Morgan fingerprint density at radius 2 is 2.25 bits per heavy atom. The normalized spacial score (nSPS) is 10.2. The fourth-order valence-corrected chi connectivity index (χ4v) is 1.10. The zero-order valence-electron chi connectivity index (χ0n) is 5.78. The Bertz CT molecular complexity index is 303. The molecule has 0 aromatic carbocycles. The highest BCUT2D eigenvalue weighted by Gasteiger charge is 2.17. The largest absolute Gasteiger partial charge is 0.293 e. The summed E-state index contributed by atoms with van der Waals surface area (Å²) in [7, 11) is 0. The molecule has 64 valence electrons. The van der Waals surface area contributed by atoms with E-state index < -0.39 is 9.76 Å². The van der Waals surface area contributed by atoms with Gasteiger partial charge in [-0.1, -0.05) is 23.2 Å². The van der Waals surface area contributed by atoms with Gasteiger partial charge in [-0.25, -0.2) is 0 Å². The highest BCUT2D eigenvalue weighted by atomic mass is 35.5. The maximum Gasteiger partial charge on any atom is 0.293 e. The summed E-state index contributed by atoms with van der Waals surface area (Å²) in [4.78, 5) is 12.5. The number of hydrogen-bond acceptors (Lipinski definition) is 3. The van der Waals surface area contributed by atoms with Gasteiger partial charge < -0.3 is 0 Å². The van der Waals surface area contributed by atoms with Gasteiger partial charge >= 0.3 is 0 Å². The van der Waals surface area contributed by atoms with Crippen LogP contribution in [0.3, 0.4) is 0 Å². The number of aromatic nitrogens is 1. The van der Waals surface area contributed by atoms with Gasteiger partial charge in [-0.05, 0) is 6.07 Å². The summed E-state index contributed by atoms with van der Waals surface area (Å²) in [6, 6.07) is 1.42. The zero-order valence-corrected chi connectivity index (χ0v) is 7.29. The lowest BCUT2D eigenvalue weighted by molar-refractivity contribution is -0.385. The third kappa shape index (κ3) is 1.84. The maximum absolute atomic E-state index is 10.4. The number of alkyl halides is 2. The smallest absolute Gasteiger partial charge is 0.258 e. The second-order valence-corrected chi connectivity index (χ2v) is 3.09. The van der Waals surface area contributed by atoms with E-state index in [9.17, 15) is 10.1 Å². The van der Waals surface area contributed by atoms with Gasteiger partial charge in [0, 0.05) is 6.20 Å². The highest BCUT2D eigenvalue weighted by molar-refractivity contribution is 6.44. The molecule has 0 spiro atoms. The first-order valence-electron chi connectivity index (χ1n) is 2.99. The molecular weight excluding hydrogens is 203 g/mol. The molecule has 1 heterocycles. The van der Waals surface area contributed by atoms with Crippen LogP contribution in [0.2, 0.25) is 0 Å². The number of pyridine rings is 1. The molecule has 0 atom stereocenters. The molecule has 0 aliphatic carbocycles. The Balaban J connectivity index is 3.17. The van der Waals surface area contributed by atoms with Gasteiger partial charge in [-0.15, -0.1) is 0 Å². The van der Waals surface area contributed by atoms with Crippen molar-refractivity contribution in [3.05, 3.63) is 34.1 Å². The molecular formula is C6H4Cl2N2O2. The van der Waals surface area contributed by atoms with E-state index in [4.69, 9.17) is 23.2 Å². The lowest BCUT2D eigenvalue weighted by Crippen LogP contribution is -1.95. The number of hydrogen-bond donors (Lipinski definition) is 0. The van der Waals surface area contributed by atoms with Crippen molar-refractivity contribution in [2.24, 2.45) is 0 Å². The van der Waals surface area contributed by atoms with Crippen molar-refractivity contribution in [3.63, 3.8) is 0 Å². The number of rotatable bonds is 2. The second kappa shape index (κ2) is 3.69. The number of nitrogens with zero attached hydrogens (tertiary/aromatic N) is 2. The van der Waals surface area contributed by atoms with Crippen molar-refractivity contribution in [2.75, 3.05) is 0 Å². The van der Waals surface area contributed by atoms with E-state index in [-0.39, 0.29) is 11.3 Å². The standard InChI is InChI=1S/C6H4Cl2N2O2/c7-6(8)4-1-2-9-3-5(4)10(11)12/h1-3,6H. The Kier molecular flexibility index (Phi) is 2.83. The zero-order chi connectivity index (χ0) is 9.14. The quantitative estimate of drug-likeness (QED) is 0.425. The summed E-state index contributed by atoms with van der Waals surface area (Å²) in [5.41, 5.74) is 0.103. The molecule has 1 aromatic rings. The number of nitro groups is 1. The minimum Gasteiger partial charge on any atom is -0.258 e. The summed E-state index contributed by atoms with van der Waals surface area (Å²) >= 11 is 11.0. The van der Waals surface area contributed by atoms with E-state index in [1.165, 1.54) is 12.3 Å². The Hall–Kier alpha value is -0.870. The molecule has 0 aliphatic rings. The first kappa shape index (κ1) is 9.22. The molecule has 0 unspecified atom stereocenters. The molecule has 1 aromatic heterocycles. The molecule has 0 amide bonds. The number of halogens is 2. The molecule has 4 nitrogen and oxygen atoms in total. The topological polar surface area (TPSA) is 56.0 Å². The molecule has 0 radical (unpaired) electrons. The van der Waals surface area contributed by atoms with Crippen molar-refractivity contribution in [1.29, 1.82) is 0 Å². The molecule has 0 bridgehead atoms. The maximum atomic E-state index is 10.4. The van der Waals surface area contributed by atoms with Gasteiger partial charge in [-0.2, -0.15) is 0 Å². The van der Waals surface area contributed by atoms with Crippen LogP contribution in [-0.2, 0) is 0 Å². The van der Waals surface area contributed by atoms with Crippen LogP contribution in [0, 0.1) is 10.1 Å². The molecule has 0 fully saturated rings. The molecule has 12 heavy (non-hydrogen) atoms. The van der Waals surface area contributed by atoms with Crippen molar-refractivity contribution < 1.29 is 4.92 Å². The Labute approximate surface area is 78.3 Å². The first-order valence-corrected chi connectivity index (χ1v) is 3.86. The van der Waals surface area contributed by atoms with E-state index in [0.29, 0.717) is 0 Å². The highest BCUT2D eigenvalue weighted by Crippen LogP contribution is 2.31. The van der Waals surface area contributed by atoms with Gasteiger partial charge in [0.15, 0.2) is 0 Å². The van der Waals surface area contributed by atoms with Gasteiger partial charge in [0.2, 0.25) is 0 Å². The summed E-state index contributed by atoms with van der Waals surface area (Å²) in [6.45, 7) is 0. The third-order valence-corrected chi connectivity index (χ3v) is 1.73. The molecule has 1 rings (SSSR count). The van der Waals surface area contributed by atoms with Crippen LogP contribution in [0.5, 0.6) is 0 Å². The predicted molar refractivity (Wildman–Crippen MR) is 45.3 cm³/mol. The van der Waals surface area contributed by atoms with Crippen LogP contribution in [0.1, 0.15) is 10.4 Å². The SMILES string of the molecule is O=[N+]([O-])c1cnccc1C(Cl)Cl. The van der Waals surface area contributed by atoms with E-state index in [2.05, 4.69) is 4.98 Å². The summed E-state index contributed by atoms with van der Waals surface area (Å²) < 4.78 is 0. The molecule has 6 heteroatoms. The fraction of sp³-hybridized carbons (Fsp3) is 0.167. The molecule has 0 saturated carbocycles. The van der Waals surface area contributed by atoms with Crippen LogP contribution in [-0.4, -0.2) is 9.91 Å². The lowest BCUT2D eigenvalue weighted by atomic mass is 10.2. The Morgan fingerprint density at radius 3 is 2.67 bits per heavy atom. The van der Waals surface area contributed by atoms with Crippen molar-refractivity contribution in [3.8, 4) is 0 Å². The average Bonchev–Trinajstić information content (AvgIpc) is 2.04. The van der Waals surface area contributed by atoms with Crippen LogP contribution in [0.4, 0.5) is 5.69 Å². The van der Waals surface area contributed by atoms with Crippen LogP contribution in [0.15, 0.2) is 18.5 Å². The summed E-state index contributed by atoms with van der Waals surface area (Å²) in [5, 5.41) is 10.4. The van der Waals surface area contributed by atoms with Crippen molar-refractivity contribution in [2.45, 2.75) is 4.84 Å². The van der Waals surface area contributed by atoms with Crippen LogP contribution < -0.4 is 0 Å². The fourth-order valence-electron chi connectivity index (χ4n) is 0.734. The molecule has 0 aliphatic heterocycles. The summed E-state index contributed by atoms with van der Waals surface area (Å²) in [5.74, 6) is 0. The first-order chi connectivity index (χ1) is 5.63. The van der Waals surface area contributed by atoms with E-state index in [0.717, 1.165) is 6.20 Å². The average molecular weight is 207 g/mol. The van der Waals surface area contributed by atoms with E-state index in [1.807, 2.05) is 0 Å². The third-order valence-electron chi connectivity index (χ3n) is 1.26. The van der Waals surface area contributed by atoms with Gasteiger partial charge in [0.05, 0.1) is 10.5 Å². The molecule has 0 N–H and O–H groups in total. The Morgan fingerprint density at radius 1 is 1.58 bits per heavy atom. The van der Waals surface area contributed by atoms with Gasteiger partial charge in [0.1, 0.15) is 11.0 Å². The predicted octanol–water partition coefficient (Wildman–Crippen LogP) is 2.47. The minimum atomic E-state index is -0.895. The molecule has 0 saturated heterocycles. The minimum absolute atomic E-state index is 0.160. The van der Waals surface area contributed by atoms with E-state index >= 15 is 0 Å².